The molecule has 0 bridgehead atoms. The van der Waals surface area contributed by atoms with E-state index in [0.29, 0.717) is 24.4 Å². The SMILES string of the molecule is COc1ccccc1C(=O)N1CCN(Cc2nc3ccccc3[nH]2)CC1. The molecule has 0 spiro atoms. The first-order valence-corrected chi connectivity index (χ1v) is 8.83. The molecule has 2 aromatic carbocycles. The van der Waals surface area contributed by atoms with Crippen LogP contribution in [0.1, 0.15) is 16.2 Å². The fraction of sp³-hybridized carbons (Fsp3) is 0.300. The zero-order valence-corrected chi connectivity index (χ0v) is 14.8. The van der Waals surface area contributed by atoms with Gasteiger partial charge in [-0.3, -0.25) is 9.69 Å². The van der Waals surface area contributed by atoms with E-state index in [1.807, 2.05) is 53.4 Å². The monoisotopic (exact) mass is 350 g/mol. The first-order chi connectivity index (χ1) is 12.7. The zero-order chi connectivity index (χ0) is 17.9. The van der Waals surface area contributed by atoms with Crippen molar-refractivity contribution in [1.29, 1.82) is 0 Å². The summed E-state index contributed by atoms with van der Waals surface area (Å²) in [5.41, 5.74) is 2.68. The van der Waals surface area contributed by atoms with Gasteiger partial charge in [0.2, 0.25) is 0 Å². The van der Waals surface area contributed by atoms with Gasteiger partial charge in [-0.15, -0.1) is 0 Å². The van der Waals surface area contributed by atoms with Crippen molar-refractivity contribution in [3.05, 3.63) is 59.9 Å². The molecule has 1 aliphatic rings. The minimum atomic E-state index is 0.0332. The van der Waals surface area contributed by atoms with E-state index in [1.54, 1.807) is 7.11 Å². The number of hydrogen-bond donors (Lipinski definition) is 1. The van der Waals surface area contributed by atoms with E-state index in [9.17, 15) is 4.79 Å². The number of aromatic nitrogens is 2. The van der Waals surface area contributed by atoms with E-state index in [0.717, 1.165) is 36.5 Å². The van der Waals surface area contributed by atoms with Crippen molar-refractivity contribution < 1.29 is 9.53 Å². The summed E-state index contributed by atoms with van der Waals surface area (Å²) in [5, 5.41) is 0. The third-order valence-electron chi connectivity index (χ3n) is 4.81. The molecule has 1 fully saturated rings. The average molecular weight is 350 g/mol. The summed E-state index contributed by atoms with van der Waals surface area (Å²) < 4.78 is 5.32. The molecular formula is C20H22N4O2. The molecule has 0 radical (unpaired) electrons. The van der Waals surface area contributed by atoms with Crippen LogP contribution >= 0.6 is 0 Å². The topological polar surface area (TPSA) is 61.5 Å². The summed E-state index contributed by atoms with van der Waals surface area (Å²) in [5.74, 6) is 1.63. The third-order valence-corrected chi connectivity index (χ3v) is 4.81. The van der Waals surface area contributed by atoms with Crippen LogP contribution in [0.3, 0.4) is 0 Å². The van der Waals surface area contributed by atoms with Gasteiger partial charge in [0, 0.05) is 26.2 Å². The van der Waals surface area contributed by atoms with Crippen molar-refractivity contribution in [2.24, 2.45) is 0 Å². The van der Waals surface area contributed by atoms with Crippen LogP contribution in [0.5, 0.6) is 5.75 Å². The minimum Gasteiger partial charge on any atom is -0.496 e. The number of H-pyrrole nitrogens is 1. The number of carbonyl (C=O) groups excluding carboxylic acids is 1. The second-order valence-electron chi connectivity index (χ2n) is 6.47. The Morgan fingerprint density at radius 2 is 1.81 bits per heavy atom. The molecule has 1 saturated heterocycles. The van der Waals surface area contributed by atoms with Crippen LogP contribution < -0.4 is 4.74 Å². The van der Waals surface area contributed by atoms with Gasteiger partial charge in [0.05, 0.1) is 30.3 Å². The van der Waals surface area contributed by atoms with Crippen LogP contribution in [-0.4, -0.2) is 59.0 Å². The third kappa shape index (κ3) is 3.28. The van der Waals surface area contributed by atoms with E-state index in [2.05, 4.69) is 14.9 Å². The van der Waals surface area contributed by atoms with Crippen molar-refractivity contribution in [2.45, 2.75) is 6.54 Å². The van der Waals surface area contributed by atoms with Gasteiger partial charge >= 0.3 is 0 Å². The van der Waals surface area contributed by atoms with Crippen LogP contribution in [-0.2, 0) is 6.54 Å². The molecule has 3 aromatic rings. The van der Waals surface area contributed by atoms with E-state index in [1.165, 1.54) is 0 Å². The lowest BCUT2D eigenvalue weighted by molar-refractivity contribution is 0.0622. The summed E-state index contributed by atoms with van der Waals surface area (Å²) in [4.78, 5) is 25.0. The smallest absolute Gasteiger partial charge is 0.257 e. The zero-order valence-electron chi connectivity index (χ0n) is 14.8. The summed E-state index contributed by atoms with van der Waals surface area (Å²) >= 11 is 0. The molecule has 1 aromatic heterocycles. The highest BCUT2D eigenvalue weighted by molar-refractivity contribution is 5.97. The molecular weight excluding hydrogens is 328 g/mol. The van der Waals surface area contributed by atoms with Gasteiger partial charge < -0.3 is 14.6 Å². The maximum Gasteiger partial charge on any atom is 0.257 e. The Bertz CT molecular complexity index is 880. The standard InChI is InChI=1S/C20H22N4O2/c1-26-18-9-5-2-6-15(18)20(25)24-12-10-23(11-13-24)14-19-21-16-7-3-4-8-17(16)22-19/h2-9H,10-14H2,1H3,(H,21,22). The Morgan fingerprint density at radius 3 is 2.58 bits per heavy atom. The number of carbonyl (C=O) groups is 1. The fourth-order valence-electron chi connectivity index (χ4n) is 3.39. The van der Waals surface area contributed by atoms with Gasteiger partial charge in [0.15, 0.2) is 0 Å². The Labute approximate surface area is 152 Å². The summed E-state index contributed by atoms with van der Waals surface area (Å²) in [6.45, 7) is 3.84. The number of methoxy groups -OCH3 is 1. The van der Waals surface area contributed by atoms with Crippen molar-refractivity contribution in [3.63, 3.8) is 0 Å². The van der Waals surface area contributed by atoms with Crippen LogP contribution in [0.2, 0.25) is 0 Å². The number of benzene rings is 2. The molecule has 1 amide bonds. The van der Waals surface area contributed by atoms with Gasteiger partial charge in [-0.1, -0.05) is 24.3 Å². The highest BCUT2D eigenvalue weighted by Crippen LogP contribution is 2.20. The molecule has 0 atom stereocenters. The van der Waals surface area contributed by atoms with Crippen molar-refractivity contribution >= 4 is 16.9 Å². The molecule has 134 valence electrons. The van der Waals surface area contributed by atoms with E-state index < -0.39 is 0 Å². The molecule has 2 heterocycles. The van der Waals surface area contributed by atoms with Gasteiger partial charge in [0.25, 0.3) is 5.91 Å². The number of aromatic amines is 1. The van der Waals surface area contributed by atoms with Crippen LogP contribution in [0.4, 0.5) is 0 Å². The number of amides is 1. The Hall–Kier alpha value is -2.86. The number of nitrogens with zero attached hydrogens (tertiary/aromatic N) is 3. The number of imidazole rings is 1. The molecule has 26 heavy (non-hydrogen) atoms. The molecule has 6 heteroatoms. The Kier molecular flexibility index (Phi) is 4.58. The van der Waals surface area contributed by atoms with Crippen LogP contribution in [0.15, 0.2) is 48.5 Å². The number of piperazine rings is 1. The normalized spacial score (nSPS) is 15.3. The lowest BCUT2D eigenvalue weighted by atomic mass is 10.1. The van der Waals surface area contributed by atoms with Gasteiger partial charge in [-0.25, -0.2) is 4.98 Å². The van der Waals surface area contributed by atoms with E-state index in [4.69, 9.17) is 4.74 Å². The second-order valence-corrected chi connectivity index (χ2v) is 6.47. The Morgan fingerprint density at radius 1 is 1.08 bits per heavy atom. The van der Waals surface area contributed by atoms with Crippen LogP contribution in [0.25, 0.3) is 11.0 Å². The summed E-state index contributed by atoms with van der Waals surface area (Å²) in [6, 6.07) is 15.4. The van der Waals surface area contributed by atoms with Crippen molar-refractivity contribution in [2.75, 3.05) is 33.3 Å². The number of ether oxygens (including phenoxy) is 1. The van der Waals surface area contributed by atoms with Crippen molar-refractivity contribution in [1.82, 2.24) is 19.8 Å². The number of nitrogens with one attached hydrogen (secondary N) is 1. The molecule has 1 aliphatic heterocycles. The largest absolute Gasteiger partial charge is 0.496 e. The predicted octanol–water partition coefficient (Wildman–Crippen LogP) is 2.53. The van der Waals surface area contributed by atoms with E-state index in [-0.39, 0.29) is 5.91 Å². The van der Waals surface area contributed by atoms with Crippen LogP contribution in [0, 0.1) is 0 Å². The second kappa shape index (κ2) is 7.17. The molecule has 6 nitrogen and oxygen atoms in total. The molecule has 1 N–H and O–H groups in total. The maximum absolute atomic E-state index is 12.8. The van der Waals surface area contributed by atoms with Gasteiger partial charge in [0.1, 0.15) is 11.6 Å². The van der Waals surface area contributed by atoms with E-state index >= 15 is 0 Å². The highest BCUT2D eigenvalue weighted by Gasteiger charge is 2.24. The van der Waals surface area contributed by atoms with Gasteiger partial charge in [-0.2, -0.15) is 0 Å². The average Bonchev–Trinajstić information content (AvgIpc) is 3.10. The van der Waals surface area contributed by atoms with Crippen molar-refractivity contribution in [3.8, 4) is 5.75 Å². The molecule has 0 unspecified atom stereocenters. The lowest BCUT2D eigenvalue weighted by Crippen LogP contribution is -2.48. The number of fused-ring (bicyclic) bond motifs is 1. The summed E-state index contributed by atoms with van der Waals surface area (Å²) in [6.07, 6.45) is 0. The molecule has 0 saturated carbocycles. The first kappa shape index (κ1) is 16.6. The number of para-hydroxylation sites is 3. The minimum absolute atomic E-state index is 0.0332. The lowest BCUT2D eigenvalue weighted by Gasteiger charge is -2.34. The molecule has 4 rings (SSSR count). The Balaban J connectivity index is 1.38. The predicted molar refractivity (Wildman–Crippen MR) is 100 cm³/mol. The molecule has 0 aliphatic carbocycles. The van der Waals surface area contributed by atoms with Gasteiger partial charge in [-0.05, 0) is 24.3 Å². The first-order valence-electron chi connectivity index (χ1n) is 8.83. The maximum atomic E-state index is 12.8. The highest BCUT2D eigenvalue weighted by atomic mass is 16.5. The quantitative estimate of drug-likeness (QED) is 0.785. The summed E-state index contributed by atoms with van der Waals surface area (Å²) in [7, 11) is 1.59. The number of rotatable bonds is 4. The number of hydrogen-bond acceptors (Lipinski definition) is 4. The fourth-order valence-corrected chi connectivity index (χ4v) is 3.39.